The molecule has 1 atom stereocenters. The van der Waals surface area contributed by atoms with E-state index in [4.69, 9.17) is 26.0 Å². The van der Waals surface area contributed by atoms with Crippen molar-refractivity contribution in [2.75, 3.05) is 0 Å². The van der Waals surface area contributed by atoms with Gasteiger partial charge >= 0.3 is 6.16 Å². The van der Waals surface area contributed by atoms with E-state index in [1.807, 2.05) is 0 Å². The third-order valence-electron chi connectivity index (χ3n) is 3.73. The molecule has 0 saturated heterocycles. The Morgan fingerprint density at radius 2 is 2.21 bits per heavy atom. The summed E-state index contributed by atoms with van der Waals surface area (Å²) in [4.78, 5) is 10.6. The molecule has 2 aromatic carbocycles. The average Bonchev–Trinajstić information content (AvgIpc) is 3.12. The van der Waals surface area contributed by atoms with Crippen molar-refractivity contribution in [3.05, 3.63) is 46.7 Å². The van der Waals surface area contributed by atoms with E-state index in [9.17, 15) is 9.18 Å². The number of hydrogen-bond acceptors (Lipinski definition) is 5. The summed E-state index contributed by atoms with van der Waals surface area (Å²) in [5.41, 5.74) is 1.48. The molecule has 0 aliphatic carbocycles. The van der Waals surface area contributed by atoms with Crippen molar-refractivity contribution in [3.63, 3.8) is 0 Å². The van der Waals surface area contributed by atoms with Crippen LogP contribution in [0.25, 0.3) is 22.2 Å². The molecule has 2 heterocycles. The Bertz CT molecular complexity index is 971. The first-order valence-corrected chi connectivity index (χ1v) is 7.34. The van der Waals surface area contributed by atoms with Gasteiger partial charge < -0.3 is 19.1 Å². The second-order valence-electron chi connectivity index (χ2n) is 5.20. The van der Waals surface area contributed by atoms with Gasteiger partial charge in [-0.15, -0.1) is 0 Å². The minimum atomic E-state index is -1.44. The van der Waals surface area contributed by atoms with Crippen LogP contribution in [0, 0.1) is 5.82 Å². The first kappa shape index (κ1) is 14.8. The maximum atomic E-state index is 14.0. The van der Waals surface area contributed by atoms with Gasteiger partial charge in [0.1, 0.15) is 22.3 Å². The number of hydrogen-bond donors (Lipinski definition) is 1. The lowest BCUT2D eigenvalue weighted by Gasteiger charge is -2.08. The summed E-state index contributed by atoms with van der Waals surface area (Å²) in [6.07, 6.45) is -2.23. The smallest absolute Gasteiger partial charge is 0.452 e. The van der Waals surface area contributed by atoms with Crippen molar-refractivity contribution in [1.82, 2.24) is 5.16 Å². The number of carboxylic acid groups (broad SMARTS) is 1. The lowest BCUT2D eigenvalue weighted by molar-refractivity contribution is -0.0393. The molecule has 1 aliphatic heterocycles. The Hall–Kier alpha value is -2.80. The Morgan fingerprint density at radius 3 is 2.96 bits per heavy atom. The molecule has 0 saturated carbocycles. The third-order valence-corrected chi connectivity index (χ3v) is 4.08. The summed E-state index contributed by atoms with van der Waals surface area (Å²) < 4.78 is 29.3. The van der Waals surface area contributed by atoms with E-state index in [1.165, 1.54) is 6.07 Å². The van der Waals surface area contributed by atoms with Crippen molar-refractivity contribution in [2.45, 2.75) is 12.7 Å². The molecule has 8 heteroatoms. The molecule has 6 nitrogen and oxygen atoms in total. The van der Waals surface area contributed by atoms with Crippen LogP contribution in [-0.2, 0) is 11.2 Å². The largest absolute Gasteiger partial charge is 0.508 e. The van der Waals surface area contributed by atoms with Crippen LogP contribution in [0.1, 0.15) is 5.56 Å². The highest BCUT2D eigenvalue weighted by atomic mass is 35.5. The molecular formula is C16H9ClFNO5. The van der Waals surface area contributed by atoms with Gasteiger partial charge in [-0.1, -0.05) is 28.9 Å². The van der Waals surface area contributed by atoms with E-state index in [0.717, 1.165) is 0 Å². The molecule has 1 aromatic heterocycles. The quantitative estimate of drug-likeness (QED) is 0.697. The van der Waals surface area contributed by atoms with Gasteiger partial charge in [-0.3, -0.25) is 0 Å². The van der Waals surface area contributed by atoms with Crippen molar-refractivity contribution in [2.24, 2.45) is 0 Å². The lowest BCUT2D eigenvalue weighted by Crippen LogP contribution is -2.20. The molecule has 1 N–H and O–H groups in total. The van der Waals surface area contributed by atoms with Crippen molar-refractivity contribution < 1.29 is 28.3 Å². The highest BCUT2D eigenvalue weighted by Gasteiger charge is 2.31. The van der Waals surface area contributed by atoms with Gasteiger partial charge in [0.05, 0.1) is 11.8 Å². The van der Waals surface area contributed by atoms with Gasteiger partial charge in [0.2, 0.25) is 0 Å². The maximum Gasteiger partial charge on any atom is 0.508 e. The molecule has 3 aromatic rings. The Kier molecular flexibility index (Phi) is 3.31. The first-order chi connectivity index (χ1) is 11.5. The monoisotopic (exact) mass is 349 g/mol. The minimum absolute atomic E-state index is 0.147. The molecule has 0 amide bonds. The number of benzene rings is 2. The predicted molar refractivity (Wildman–Crippen MR) is 81.6 cm³/mol. The van der Waals surface area contributed by atoms with Crippen LogP contribution in [-0.4, -0.2) is 22.7 Å². The van der Waals surface area contributed by atoms with Crippen LogP contribution >= 0.6 is 11.6 Å². The van der Waals surface area contributed by atoms with E-state index in [-0.39, 0.29) is 28.3 Å². The summed E-state index contributed by atoms with van der Waals surface area (Å²) in [5.74, 6) is -0.153. The standard InChI is InChI=1S/C16H9ClFNO5/c17-12-14-7(6-11(22-14)23-16(20)21)5-9-13(19-24-15(9)12)8-3-1-2-4-10(8)18/h1-5,11H,6H2,(H,20,21). The molecule has 0 bridgehead atoms. The molecule has 24 heavy (non-hydrogen) atoms. The summed E-state index contributed by atoms with van der Waals surface area (Å²) in [6, 6.07) is 7.87. The van der Waals surface area contributed by atoms with Gasteiger partial charge in [0, 0.05) is 11.1 Å². The number of halogens is 2. The van der Waals surface area contributed by atoms with Crippen LogP contribution in [0.3, 0.4) is 0 Å². The van der Waals surface area contributed by atoms with Crippen molar-refractivity contribution in [3.8, 4) is 17.0 Å². The Balaban J connectivity index is 1.84. The van der Waals surface area contributed by atoms with Crippen molar-refractivity contribution >= 4 is 28.7 Å². The maximum absolute atomic E-state index is 14.0. The van der Waals surface area contributed by atoms with Gasteiger partial charge in [-0.25, -0.2) is 9.18 Å². The fourth-order valence-electron chi connectivity index (χ4n) is 2.73. The molecule has 1 aliphatic rings. The average molecular weight is 350 g/mol. The summed E-state index contributed by atoms with van der Waals surface area (Å²) >= 11 is 6.27. The van der Waals surface area contributed by atoms with Crippen molar-refractivity contribution in [1.29, 1.82) is 0 Å². The second-order valence-corrected chi connectivity index (χ2v) is 5.58. The fraction of sp³-hybridized carbons (Fsp3) is 0.125. The lowest BCUT2D eigenvalue weighted by atomic mass is 10.0. The van der Waals surface area contributed by atoms with Crippen LogP contribution in [0.15, 0.2) is 34.9 Å². The number of ether oxygens (including phenoxy) is 2. The van der Waals surface area contributed by atoms with E-state index < -0.39 is 18.3 Å². The van der Waals surface area contributed by atoms with Crippen LogP contribution in [0.2, 0.25) is 5.02 Å². The van der Waals surface area contributed by atoms with Gasteiger partial charge in [0.25, 0.3) is 6.29 Å². The van der Waals surface area contributed by atoms with E-state index in [1.54, 1.807) is 24.3 Å². The summed E-state index contributed by atoms with van der Waals surface area (Å²) in [5, 5.41) is 13.3. The third kappa shape index (κ3) is 2.25. The van der Waals surface area contributed by atoms with Gasteiger partial charge in [-0.2, -0.15) is 0 Å². The Labute approximate surface area is 139 Å². The van der Waals surface area contributed by atoms with Gasteiger partial charge in [0.15, 0.2) is 5.58 Å². The first-order valence-electron chi connectivity index (χ1n) is 6.96. The van der Waals surface area contributed by atoms with Crippen LogP contribution < -0.4 is 4.74 Å². The molecule has 0 spiro atoms. The molecule has 0 fully saturated rings. The highest BCUT2D eigenvalue weighted by molar-refractivity contribution is 6.37. The zero-order valence-electron chi connectivity index (χ0n) is 12.0. The minimum Gasteiger partial charge on any atom is -0.452 e. The number of rotatable bonds is 2. The fourth-order valence-corrected chi connectivity index (χ4v) is 3.03. The van der Waals surface area contributed by atoms with Crippen LogP contribution in [0.4, 0.5) is 9.18 Å². The molecule has 4 rings (SSSR count). The number of nitrogens with zero attached hydrogens (tertiary/aromatic N) is 1. The van der Waals surface area contributed by atoms with E-state index in [0.29, 0.717) is 16.6 Å². The zero-order chi connectivity index (χ0) is 16.8. The van der Waals surface area contributed by atoms with E-state index in [2.05, 4.69) is 9.89 Å². The number of aromatic nitrogens is 1. The molecular weight excluding hydrogens is 341 g/mol. The molecule has 122 valence electrons. The number of fused-ring (bicyclic) bond motifs is 2. The molecule has 0 radical (unpaired) electrons. The van der Waals surface area contributed by atoms with E-state index >= 15 is 0 Å². The SMILES string of the molecule is O=C(O)OC1Cc2cc3c(-c4ccccc4F)noc3c(Cl)c2O1. The normalized spacial score (nSPS) is 16.0. The summed E-state index contributed by atoms with van der Waals surface area (Å²) in [7, 11) is 0. The zero-order valence-corrected chi connectivity index (χ0v) is 12.7. The number of carbonyl (C=O) groups is 1. The predicted octanol–water partition coefficient (Wildman–Crippen LogP) is 4.24. The topological polar surface area (TPSA) is 81.8 Å². The second kappa shape index (κ2) is 5.38. The van der Waals surface area contributed by atoms with Gasteiger partial charge in [-0.05, 0) is 18.2 Å². The molecule has 1 unspecified atom stereocenters. The highest BCUT2D eigenvalue weighted by Crippen LogP contribution is 2.44. The summed E-state index contributed by atoms with van der Waals surface area (Å²) in [6.45, 7) is 0. The van der Waals surface area contributed by atoms with Crippen LogP contribution in [0.5, 0.6) is 5.75 Å². The Morgan fingerprint density at radius 1 is 1.42 bits per heavy atom.